The third-order valence-electron chi connectivity index (χ3n) is 1.24. The number of isothiocyanates is 1. The molecule has 0 aliphatic carbocycles. The normalized spacial score (nSPS) is 10.8. The second kappa shape index (κ2) is 6.25. The fourth-order valence-corrected chi connectivity index (χ4v) is 1.36. The van der Waals surface area contributed by atoms with Gasteiger partial charge in [-0.25, -0.2) is 4.99 Å². The third kappa shape index (κ3) is 9.71. The molecule has 0 atom stereocenters. The van der Waals surface area contributed by atoms with E-state index in [1.165, 1.54) is 0 Å². The van der Waals surface area contributed by atoms with Gasteiger partial charge in [0.1, 0.15) is 0 Å². The fourth-order valence-electron chi connectivity index (χ4n) is 0.698. The van der Waals surface area contributed by atoms with Crippen molar-refractivity contribution in [3.63, 3.8) is 0 Å². The molecule has 0 aliphatic rings. The van der Waals surface area contributed by atoms with Crippen LogP contribution < -0.4 is 0 Å². The van der Waals surface area contributed by atoms with Gasteiger partial charge in [-0.1, -0.05) is 6.42 Å². The highest BCUT2D eigenvalue weighted by Crippen LogP contribution is 1.98. The molecule has 0 saturated heterocycles. The zero-order valence-electron chi connectivity index (χ0n) is 6.56. The predicted octanol–water partition coefficient (Wildman–Crippen LogP) is 1.15. The Balaban J connectivity index is 3.28. The molecule has 0 heterocycles. The van der Waals surface area contributed by atoms with Gasteiger partial charge in [0.2, 0.25) is 0 Å². The summed E-state index contributed by atoms with van der Waals surface area (Å²) in [7, 11) is -3.78. The maximum atomic E-state index is 10.2. The molecule has 0 aliphatic heterocycles. The van der Waals surface area contributed by atoms with Gasteiger partial charge in [-0.15, -0.1) is 0 Å². The van der Waals surface area contributed by atoms with Crippen LogP contribution in [0.4, 0.5) is 0 Å². The molecule has 12 heavy (non-hydrogen) atoms. The van der Waals surface area contributed by atoms with Crippen LogP contribution in [0, 0.1) is 0 Å². The average molecular weight is 209 g/mol. The number of unbranched alkanes of at least 4 members (excludes halogenated alkanes) is 2. The maximum absolute atomic E-state index is 10.2. The van der Waals surface area contributed by atoms with Gasteiger partial charge >= 0.3 is 0 Å². The molecule has 0 radical (unpaired) electrons. The Bertz CT molecular complexity index is 254. The van der Waals surface area contributed by atoms with Crippen molar-refractivity contribution >= 4 is 27.5 Å². The summed E-state index contributed by atoms with van der Waals surface area (Å²) >= 11 is 4.34. The standard InChI is InChI=1S/C6H11NO3S2/c8-12(9,10)5-3-1-2-4-7-6-11/h1-5H2,(H,8,9,10). The largest absolute Gasteiger partial charge is 0.286 e. The van der Waals surface area contributed by atoms with E-state index < -0.39 is 10.1 Å². The summed E-state index contributed by atoms with van der Waals surface area (Å²) < 4.78 is 28.8. The van der Waals surface area contributed by atoms with E-state index >= 15 is 0 Å². The van der Waals surface area contributed by atoms with E-state index in [1.54, 1.807) is 0 Å². The second-order valence-corrected chi connectivity index (χ2v) is 4.07. The molecule has 1 N–H and O–H groups in total. The first-order valence-electron chi connectivity index (χ1n) is 3.55. The van der Waals surface area contributed by atoms with E-state index in [0.717, 1.165) is 12.8 Å². The summed E-state index contributed by atoms with van der Waals surface area (Å²) in [6, 6.07) is 0. The third-order valence-corrected chi connectivity index (χ3v) is 2.17. The number of nitrogens with zero attached hydrogens (tertiary/aromatic N) is 1. The number of rotatable bonds is 6. The summed E-state index contributed by atoms with van der Waals surface area (Å²) in [5.41, 5.74) is 0. The van der Waals surface area contributed by atoms with Crippen LogP contribution in [0.1, 0.15) is 19.3 Å². The Morgan fingerprint density at radius 2 is 2.00 bits per heavy atom. The summed E-state index contributed by atoms with van der Waals surface area (Å²) in [6.45, 7) is 0.578. The van der Waals surface area contributed by atoms with Gasteiger partial charge in [-0.2, -0.15) is 8.42 Å². The number of aliphatic imine (C=N–C) groups is 1. The quantitative estimate of drug-likeness (QED) is 0.308. The molecule has 70 valence electrons. The number of hydrogen-bond donors (Lipinski definition) is 1. The predicted molar refractivity (Wildman–Crippen MR) is 50.2 cm³/mol. The molecular weight excluding hydrogens is 198 g/mol. The van der Waals surface area contributed by atoms with Crippen LogP contribution in [0.25, 0.3) is 0 Å². The first-order valence-corrected chi connectivity index (χ1v) is 5.57. The van der Waals surface area contributed by atoms with Crippen molar-refractivity contribution in [3.05, 3.63) is 0 Å². The maximum Gasteiger partial charge on any atom is 0.264 e. The van der Waals surface area contributed by atoms with Crippen LogP contribution in [0.15, 0.2) is 4.99 Å². The highest BCUT2D eigenvalue weighted by Gasteiger charge is 2.02. The molecule has 6 heteroatoms. The van der Waals surface area contributed by atoms with Crippen molar-refractivity contribution < 1.29 is 13.0 Å². The van der Waals surface area contributed by atoms with E-state index in [0.29, 0.717) is 13.0 Å². The van der Waals surface area contributed by atoms with Crippen LogP contribution in [0.2, 0.25) is 0 Å². The van der Waals surface area contributed by atoms with Gasteiger partial charge in [0, 0.05) is 6.54 Å². The fraction of sp³-hybridized carbons (Fsp3) is 0.833. The molecule has 0 fully saturated rings. The van der Waals surface area contributed by atoms with Gasteiger partial charge in [0.05, 0.1) is 10.9 Å². The van der Waals surface area contributed by atoms with E-state index in [1.807, 2.05) is 0 Å². The van der Waals surface area contributed by atoms with Crippen molar-refractivity contribution in [1.82, 2.24) is 0 Å². The smallest absolute Gasteiger partial charge is 0.264 e. The summed E-state index contributed by atoms with van der Waals surface area (Å²) in [5.74, 6) is -0.172. The molecule has 4 nitrogen and oxygen atoms in total. The first kappa shape index (κ1) is 11.7. The van der Waals surface area contributed by atoms with Gasteiger partial charge in [-0.3, -0.25) is 4.55 Å². The molecule has 0 spiro atoms. The first-order chi connectivity index (χ1) is 5.56. The Hall–Kier alpha value is -0.290. The van der Waals surface area contributed by atoms with E-state index in [-0.39, 0.29) is 5.75 Å². The van der Waals surface area contributed by atoms with Gasteiger partial charge in [0.25, 0.3) is 10.1 Å². The van der Waals surface area contributed by atoms with Crippen LogP contribution >= 0.6 is 12.2 Å². The summed E-state index contributed by atoms with van der Waals surface area (Å²) in [5, 5.41) is 2.22. The molecule has 0 aromatic carbocycles. The Morgan fingerprint density at radius 1 is 1.33 bits per heavy atom. The number of thiocarbonyl (C=S) groups is 1. The van der Waals surface area contributed by atoms with Crippen LogP contribution in [-0.2, 0) is 10.1 Å². The molecule has 0 aromatic heterocycles. The molecule has 0 unspecified atom stereocenters. The Kier molecular flexibility index (Phi) is 6.10. The van der Waals surface area contributed by atoms with Crippen molar-refractivity contribution in [2.75, 3.05) is 12.3 Å². The van der Waals surface area contributed by atoms with Crippen LogP contribution in [-0.4, -0.2) is 30.4 Å². The minimum absolute atomic E-state index is 0.172. The lowest BCUT2D eigenvalue weighted by Crippen LogP contribution is -2.03. The summed E-state index contributed by atoms with van der Waals surface area (Å²) in [6.07, 6.45) is 1.96. The van der Waals surface area contributed by atoms with Crippen LogP contribution in [0.3, 0.4) is 0 Å². The van der Waals surface area contributed by atoms with Gasteiger partial charge in [0.15, 0.2) is 0 Å². The molecule has 0 rings (SSSR count). The zero-order valence-corrected chi connectivity index (χ0v) is 8.20. The highest BCUT2D eigenvalue weighted by atomic mass is 32.2. The molecule has 0 saturated carbocycles. The van der Waals surface area contributed by atoms with Crippen molar-refractivity contribution in [2.24, 2.45) is 4.99 Å². The van der Waals surface area contributed by atoms with Gasteiger partial charge in [-0.05, 0) is 25.1 Å². The minimum atomic E-state index is -3.78. The topological polar surface area (TPSA) is 66.7 Å². The monoisotopic (exact) mass is 209 g/mol. The van der Waals surface area contributed by atoms with Crippen molar-refractivity contribution in [2.45, 2.75) is 19.3 Å². The zero-order chi connectivity index (χ0) is 9.45. The minimum Gasteiger partial charge on any atom is -0.286 e. The van der Waals surface area contributed by atoms with E-state index in [9.17, 15) is 8.42 Å². The Morgan fingerprint density at radius 3 is 2.50 bits per heavy atom. The van der Waals surface area contributed by atoms with Gasteiger partial charge < -0.3 is 0 Å². The SMILES string of the molecule is O=S(=O)(O)CCCCCN=C=S. The van der Waals surface area contributed by atoms with Crippen molar-refractivity contribution in [1.29, 1.82) is 0 Å². The lowest BCUT2D eigenvalue weighted by molar-refractivity contribution is 0.479. The van der Waals surface area contributed by atoms with E-state index in [2.05, 4.69) is 22.4 Å². The molecular formula is C6H11NO3S2. The highest BCUT2D eigenvalue weighted by molar-refractivity contribution is 7.85. The average Bonchev–Trinajstić information content (AvgIpc) is 1.94. The van der Waals surface area contributed by atoms with Crippen LogP contribution in [0.5, 0.6) is 0 Å². The molecule has 0 amide bonds. The Labute approximate surface area is 77.4 Å². The molecule has 0 aromatic rings. The van der Waals surface area contributed by atoms with E-state index in [4.69, 9.17) is 4.55 Å². The van der Waals surface area contributed by atoms with Crippen molar-refractivity contribution in [3.8, 4) is 0 Å². The summed E-state index contributed by atoms with van der Waals surface area (Å²) in [4.78, 5) is 3.66. The lowest BCUT2D eigenvalue weighted by atomic mass is 10.2. The second-order valence-electron chi connectivity index (χ2n) is 2.32. The number of hydrogen-bond acceptors (Lipinski definition) is 4. The lowest BCUT2D eigenvalue weighted by Gasteiger charge is -1.95. The molecule has 0 bridgehead atoms.